The van der Waals surface area contributed by atoms with Crippen molar-refractivity contribution in [3.63, 3.8) is 0 Å². The predicted molar refractivity (Wildman–Crippen MR) is 126 cm³/mol. The van der Waals surface area contributed by atoms with Crippen molar-refractivity contribution >= 4 is 11.7 Å². The van der Waals surface area contributed by atoms with Crippen molar-refractivity contribution in [1.29, 1.82) is 0 Å². The molecule has 0 aliphatic carbocycles. The first-order valence-corrected chi connectivity index (χ1v) is 11.0. The third-order valence-corrected chi connectivity index (χ3v) is 5.73. The fourth-order valence-electron chi connectivity index (χ4n) is 4.09. The van der Waals surface area contributed by atoms with E-state index in [1.165, 1.54) is 12.8 Å². The molecule has 1 aromatic heterocycles. The molecular formula is C25H29N5O2. The fourth-order valence-corrected chi connectivity index (χ4v) is 4.09. The van der Waals surface area contributed by atoms with Gasteiger partial charge in [0.25, 0.3) is 0 Å². The maximum Gasteiger partial charge on any atom is 0.319 e. The Morgan fingerprint density at radius 1 is 1.09 bits per heavy atom. The van der Waals surface area contributed by atoms with Crippen molar-refractivity contribution in [3.05, 3.63) is 72.1 Å². The number of nitrogens with zero attached hydrogens (tertiary/aromatic N) is 3. The van der Waals surface area contributed by atoms with Gasteiger partial charge in [0, 0.05) is 35.2 Å². The van der Waals surface area contributed by atoms with Crippen molar-refractivity contribution in [2.75, 3.05) is 32.1 Å². The molecule has 0 spiro atoms. The van der Waals surface area contributed by atoms with Gasteiger partial charge < -0.3 is 15.4 Å². The van der Waals surface area contributed by atoms with Gasteiger partial charge in [0.1, 0.15) is 5.75 Å². The van der Waals surface area contributed by atoms with Gasteiger partial charge in [-0.15, -0.1) is 0 Å². The topological polar surface area (TPSA) is 79.4 Å². The summed E-state index contributed by atoms with van der Waals surface area (Å²) in [6.07, 6.45) is 4.10. The predicted octanol–water partition coefficient (Wildman–Crippen LogP) is 4.42. The highest BCUT2D eigenvalue weighted by Crippen LogP contribution is 2.31. The Kier molecular flexibility index (Phi) is 6.97. The number of ether oxygens (including phenoxy) is 1. The molecule has 1 fully saturated rings. The number of hydrogen-bond acceptors (Lipinski definition) is 5. The van der Waals surface area contributed by atoms with Gasteiger partial charge in [-0.05, 0) is 69.3 Å². The molecule has 2 aromatic carbocycles. The van der Waals surface area contributed by atoms with E-state index in [0.29, 0.717) is 18.1 Å². The molecule has 7 heteroatoms. The summed E-state index contributed by atoms with van der Waals surface area (Å²) in [4.78, 5) is 23.8. The molecule has 0 bridgehead atoms. The number of benzene rings is 2. The van der Waals surface area contributed by atoms with Crippen LogP contribution in [0.3, 0.4) is 0 Å². The van der Waals surface area contributed by atoms with E-state index in [4.69, 9.17) is 4.74 Å². The first kappa shape index (κ1) is 21.8. The van der Waals surface area contributed by atoms with Crippen LogP contribution in [0.25, 0.3) is 11.4 Å². The number of para-hydroxylation sites is 1. The lowest BCUT2D eigenvalue weighted by atomic mass is 10.0. The number of anilines is 1. The standard InChI is InChI=1S/C25H29N5O2/c1-18-13-14-26-24(28-18)19-9-11-20(12-10-19)29-25(31)27-17-22(30-15-5-6-16-30)21-7-3-4-8-23(21)32-2/h3-4,7-14,22H,5-6,15-17H2,1-2H3,(H2,27,29,31). The number of nitrogens with one attached hydrogen (secondary N) is 2. The minimum Gasteiger partial charge on any atom is -0.496 e. The molecule has 166 valence electrons. The lowest BCUT2D eigenvalue weighted by molar-refractivity contribution is 0.224. The minimum atomic E-state index is -0.233. The largest absolute Gasteiger partial charge is 0.496 e. The maximum atomic E-state index is 12.6. The number of carbonyl (C=O) groups is 1. The Balaban J connectivity index is 1.40. The molecule has 4 rings (SSSR count). The molecule has 2 amide bonds. The highest BCUT2D eigenvalue weighted by atomic mass is 16.5. The van der Waals surface area contributed by atoms with Gasteiger partial charge in [-0.25, -0.2) is 14.8 Å². The Labute approximate surface area is 188 Å². The number of carbonyl (C=O) groups excluding carboxylic acids is 1. The van der Waals surface area contributed by atoms with Crippen LogP contribution in [-0.4, -0.2) is 47.6 Å². The molecule has 0 radical (unpaired) electrons. The average Bonchev–Trinajstić information content (AvgIpc) is 3.35. The Hall–Kier alpha value is -3.45. The molecule has 7 nitrogen and oxygen atoms in total. The van der Waals surface area contributed by atoms with Crippen LogP contribution in [0.1, 0.15) is 30.1 Å². The summed E-state index contributed by atoms with van der Waals surface area (Å²) in [5.41, 5.74) is 3.64. The molecule has 1 atom stereocenters. The van der Waals surface area contributed by atoms with E-state index >= 15 is 0 Å². The summed E-state index contributed by atoms with van der Waals surface area (Å²) < 4.78 is 5.58. The summed E-state index contributed by atoms with van der Waals surface area (Å²) in [5.74, 6) is 1.52. The Morgan fingerprint density at radius 2 is 1.84 bits per heavy atom. The van der Waals surface area contributed by atoms with Crippen LogP contribution >= 0.6 is 0 Å². The van der Waals surface area contributed by atoms with E-state index in [2.05, 4.69) is 31.6 Å². The van der Waals surface area contributed by atoms with E-state index in [-0.39, 0.29) is 12.1 Å². The summed E-state index contributed by atoms with van der Waals surface area (Å²) in [6, 6.07) is 17.3. The van der Waals surface area contributed by atoms with Crippen molar-refractivity contribution in [2.45, 2.75) is 25.8 Å². The number of methoxy groups -OCH3 is 1. The van der Waals surface area contributed by atoms with Crippen LogP contribution in [0.4, 0.5) is 10.5 Å². The van der Waals surface area contributed by atoms with Crippen molar-refractivity contribution in [2.24, 2.45) is 0 Å². The van der Waals surface area contributed by atoms with Gasteiger partial charge in [0.2, 0.25) is 0 Å². The van der Waals surface area contributed by atoms with Crippen LogP contribution in [0, 0.1) is 6.92 Å². The summed E-state index contributed by atoms with van der Waals surface area (Å²) in [5, 5.41) is 5.96. The fraction of sp³-hybridized carbons (Fsp3) is 0.320. The van der Waals surface area contributed by atoms with Gasteiger partial charge in [0.15, 0.2) is 5.82 Å². The number of aromatic nitrogens is 2. The second-order valence-electron chi connectivity index (χ2n) is 7.93. The van der Waals surface area contributed by atoms with Crippen LogP contribution < -0.4 is 15.4 Å². The van der Waals surface area contributed by atoms with Crippen LogP contribution in [0.5, 0.6) is 5.75 Å². The normalized spacial score (nSPS) is 14.7. The molecule has 3 aromatic rings. The van der Waals surface area contributed by atoms with E-state index in [1.54, 1.807) is 13.3 Å². The third-order valence-electron chi connectivity index (χ3n) is 5.73. The smallest absolute Gasteiger partial charge is 0.319 e. The quantitative estimate of drug-likeness (QED) is 0.579. The second-order valence-corrected chi connectivity index (χ2v) is 7.93. The van der Waals surface area contributed by atoms with Crippen LogP contribution in [0.2, 0.25) is 0 Å². The zero-order chi connectivity index (χ0) is 22.3. The number of amides is 2. The third kappa shape index (κ3) is 5.23. The molecule has 2 N–H and O–H groups in total. The van der Waals surface area contributed by atoms with Gasteiger partial charge in [0.05, 0.1) is 13.2 Å². The Bertz CT molecular complexity index is 1050. The molecule has 0 saturated carbocycles. The van der Waals surface area contributed by atoms with E-state index in [9.17, 15) is 4.79 Å². The monoisotopic (exact) mass is 431 g/mol. The molecule has 1 saturated heterocycles. The van der Waals surface area contributed by atoms with E-state index in [0.717, 1.165) is 35.7 Å². The summed E-state index contributed by atoms with van der Waals surface area (Å²) in [6.45, 7) is 4.48. The van der Waals surface area contributed by atoms with Crippen molar-refractivity contribution in [1.82, 2.24) is 20.2 Å². The van der Waals surface area contributed by atoms with E-state index < -0.39 is 0 Å². The highest BCUT2D eigenvalue weighted by Gasteiger charge is 2.26. The lowest BCUT2D eigenvalue weighted by Gasteiger charge is -2.29. The number of likely N-dealkylation sites (tertiary alicyclic amines) is 1. The first-order chi connectivity index (χ1) is 15.6. The van der Waals surface area contributed by atoms with Gasteiger partial charge >= 0.3 is 6.03 Å². The molecule has 32 heavy (non-hydrogen) atoms. The molecule has 1 unspecified atom stereocenters. The van der Waals surface area contributed by atoms with E-state index in [1.807, 2.05) is 55.5 Å². The minimum absolute atomic E-state index is 0.0697. The van der Waals surface area contributed by atoms with Crippen molar-refractivity contribution < 1.29 is 9.53 Å². The maximum absolute atomic E-state index is 12.6. The van der Waals surface area contributed by atoms with Crippen LogP contribution in [-0.2, 0) is 0 Å². The molecular weight excluding hydrogens is 402 g/mol. The number of urea groups is 1. The number of rotatable bonds is 7. The Morgan fingerprint density at radius 3 is 2.56 bits per heavy atom. The zero-order valence-corrected chi connectivity index (χ0v) is 18.5. The lowest BCUT2D eigenvalue weighted by Crippen LogP contribution is -2.38. The highest BCUT2D eigenvalue weighted by molar-refractivity contribution is 5.89. The number of hydrogen-bond donors (Lipinski definition) is 2. The van der Waals surface area contributed by atoms with Gasteiger partial charge in [-0.3, -0.25) is 4.90 Å². The van der Waals surface area contributed by atoms with Crippen molar-refractivity contribution in [3.8, 4) is 17.1 Å². The first-order valence-electron chi connectivity index (χ1n) is 11.0. The van der Waals surface area contributed by atoms with Crippen LogP contribution in [0.15, 0.2) is 60.8 Å². The summed E-state index contributed by atoms with van der Waals surface area (Å²) in [7, 11) is 1.69. The van der Waals surface area contributed by atoms with Gasteiger partial charge in [-0.1, -0.05) is 18.2 Å². The second kappa shape index (κ2) is 10.2. The number of aryl methyl sites for hydroxylation is 1. The van der Waals surface area contributed by atoms with Gasteiger partial charge in [-0.2, -0.15) is 0 Å². The average molecular weight is 432 g/mol. The molecule has 2 heterocycles. The molecule has 1 aliphatic heterocycles. The zero-order valence-electron chi connectivity index (χ0n) is 18.5. The summed E-state index contributed by atoms with van der Waals surface area (Å²) >= 11 is 0. The SMILES string of the molecule is COc1ccccc1C(CNC(=O)Nc1ccc(-c2nccc(C)n2)cc1)N1CCCC1. The molecule has 1 aliphatic rings.